The van der Waals surface area contributed by atoms with Crippen LogP contribution in [-0.4, -0.2) is 39.1 Å². The molecule has 0 aliphatic heterocycles. The molecule has 1 N–H and O–H groups in total. The van der Waals surface area contributed by atoms with Gasteiger partial charge >= 0.3 is 0 Å². The minimum atomic E-state index is -0.149. The van der Waals surface area contributed by atoms with Crippen molar-refractivity contribution >= 4 is 29.8 Å². The van der Waals surface area contributed by atoms with Crippen LogP contribution in [0.1, 0.15) is 11.3 Å². The van der Waals surface area contributed by atoms with Gasteiger partial charge in [0.05, 0.1) is 19.1 Å². The number of hydrazone groups is 1. The van der Waals surface area contributed by atoms with E-state index in [0.717, 1.165) is 22.9 Å². The summed E-state index contributed by atoms with van der Waals surface area (Å²) < 4.78 is 10.6. The molecule has 0 bridgehead atoms. The number of carbonyl (C=O) groups excluding carboxylic acids is 1. The second-order valence-corrected chi connectivity index (χ2v) is 6.19. The number of amides is 1. The average molecular weight is 347 g/mol. The van der Waals surface area contributed by atoms with E-state index in [1.807, 2.05) is 49.3 Å². The smallest absolute Gasteiger partial charge is 0.250 e. The minimum absolute atomic E-state index is 0.149. The molecule has 1 aromatic heterocycles. The van der Waals surface area contributed by atoms with Crippen LogP contribution in [0.5, 0.6) is 5.75 Å². The molecule has 0 fully saturated rings. The van der Waals surface area contributed by atoms with E-state index in [-0.39, 0.29) is 5.91 Å². The topological polar surface area (TPSA) is 67.1 Å². The third kappa shape index (κ3) is 5.66. The Morgan fingerprint density at radius 2 is 2.04 bits per heavy atom. The Bertz CT molecular complexity index is 681. The minimum Gasteiger partial charge on any atom is -0.497 e. The first-order valence-corrected chi connectivity index (χ1v) is 8.53. The maximum atomic E-state index is 11.7. The number of benzene rings is 1. The number of rotatable bonds is 8. The summed E-state index contributed by atoms with van der Waals surface area (Å²) in [4.78, 5) is 13.6. The highest BCUT2D eigenvalue weighted by atomic mass is 32.2. The van der Waals surface area contributed by atoms with Crippen molar-refractivity contribution in [2.24, 2.45) is 5.10 Å². The first-order valence-electron chi connectivity index (χ1n) is 7.38. The number of nitrogens with zero attached hydrogens (tertiary/aromatic N) is 2. The summed E-state index contributed by atoms with van der Waals surface area (Å²) in [6, 6.07) is 11.4. The average Bonchev–Trinajstić information content (AvgIpc) is 3.05. The van der Waals surface area contributed by atoms with E-state index < -0.39 is 0 Å². The molecule has 0 unspecified atom stereocenters. The molecule has 1 heterocycles. The molecule has 2 aromatic rings. The predicted octanol–water partition coefficient (Wildman–Crippen LogP) is 2.74. The van der Waals surface area contributed by atoms with Gasteiger partial charge in [0.15, 0.2) is 5.88 Å². The summed E-state index contributed by atoms with van der Waals surface area (Å²) in [7, 11) is 5.42. The van der Waals surface area contributed by atoms with E-state index >= 15 is 0 Å². The molecule has 1 amide bonds. The molecule has 128 valence electrons. The molecule has 1 aromatic carbocycles. The Hall–Kier alpha value is -2.41. The molecule has 0 atom stereocenters. The molecule has 24 heavy (non-hydrogen) atoms. The van der Waals surface area contributed by atoms with Crippen molar-refractivity contribution in [2.75, 3.05) is 31.9 Å². The number of methoxy groups -OCH3 is 1. The molecule has 0 radical (unpaired) electrons. The quantitative estimate of drug-likeness (QED) is 0.587. The van der Waals surface area contributed by atoms with Crippen molar-refractivity contribution in [3.8, 4) is 5.75 Å². The summed E-state index contributed by atoms with van der Waals surface area (Å²) in [5.41, 5.74) is 3.63. The number of ether oxygens (including phenoxy) is 1. The van der Waals surface area contributed by atoms with Crippen LogP contribution in [-0.2, 0) is 10.5 Å². The van der Waals surface area contributed by atoms with E-state index in [0.29, 0.717) is 11.5 Å². The summed E-state index contributed by atoms with van der Waals surface area (Å²) in [6.07, 6.45) is 1.49. The number of carbonyl (C=O) groups is 1. The lowest BCUT2D eigenvalue weighted by atomic mass is 10.2. The van der Waals surface area contributed by atoms with Gasteiger partial charge in [-0.05, 0) is 23.8 Å². The largest absolute Gasteiger partial charge is 0.497 e. The Morgan fingerprint density at radius 1 is 1.29 bits per heavy atom. The second-order valence-electron chi connectivity index (χ2n) is 5.20. The molecule has 0 aliphatic carbocycles. The van der Waals surface area contributed by atoms with Gasteiger partial charge in [0, 0.05) is 25.9 Å². The highest BCUT2D eigenvalue weighted by Crippen LogP contribution is 2.16. The summed E-state index contributed by atoms with van der Waals surface area (Å²) in [5.74, 6) is 3.09. The first kappa shape index (κ1) is 17.9. The van der Waals surface area contributed by atoms with Gasteiger partial charge in [0.2, 0.25) is 5.91 Å². The Labute approximate surface area is 145 Å². The van der Waals surface area contributed by atoms with Crippen LogP contribution in [0.3, 0.4) is 0 Å². The zero-order valence-corrected chi connectivity index (χ0v) is 14.8. The molecular formula is C17H21N3O3S. The Morgan fingerprint density at radius 3 is 2.67 bits per heavy atom. The van der Waals surface area contributed by atoms with Crippen molar-refractivity contribution in [1.29, 1.82) is 0 Å². The lowest BCUT2D eigenvalue weighted by molar-refractivity contribution is -0.118. The summed E-state index contributed by atoms with van der Waals surface area (Å²) in [5, 5.41) is 3.90. The van der Waals surface area contributed by atoms with E-state index in [1.54, 1.807) is 13.2 Å². The first-order chi connectivity index (χ1) is 11.6. The van der Waals surface area contributed by atoms with Crippen LogP contribution in [0.25, 0.3) is 0 Å². The molecule has 6 nitrogen and oxygen atoms in total. The van der Waals surface area contributed by atoms with Gasteiger partial charge in [0.1, 0.15) is 11.5 Å². The van der Waals surface area contributed by atoms with Crippen LogP contribution < -0.4 is 15.1 Å². The number of hydrogen-bond donors (Lipinski definition) is 1. The van der Waals surface area contributed by atoms with Crippen LogP contribution >= 0.6 is 11.8 Å². The van der Waals surface area contributed by atoms with E-state index in [1.165, 1.54) is 18.0 Å². The van der Waals surface area contributed by atoms with Crippen molar-refractivity contribution in [1.82, 2.24) is 5.43 Å². The van der Waals surface area contributed by atoms with Crippen molar-refractivity contribution < 1.29 is 13.9 Å². The number of anilines is 1. The lowest BCUT2D eigenvalue weighted by Crippen LogP contribution is -2.19. The fourth-order valence-electron chi connectivity index (χ4n) is 1.84. The highest BCUT2D eigenvalue weighted by molar-refractivity contribution is 7.99. The second kappa shape index (κ2) is 9.02. The number of nitrogens with one attached hydrogen (secondary N) is 1. The lowest BCUT2D eigenvalue weighted by Gasteiger charge is -2.05. The maximum absolute atomic E-state index is 11.7. The van der Waals surface area contributed by atoms with E-state index in [4.69, 9.17) is 9.15 Å². The van der Waals surface area contributed by atoms with Crippen molar-refractivity contribution in [3.05, 3.63) is 47.7 Å². The van der Waals surface area contributed by atoms with Crippen LogP contribution in [0.2, 0.25) is 0 Å². The third-order valence-corrected chi connectivity index (χ3v) is 4.10. The Kier molecular flexibility index (Phi) is 6.74. The summed E-state index contributed by atoms with van der Waals surface area (Å²) in [6.45, 7) is 0. The van der Waals surface area contributed by atoms with Gasteiger partial charge in [-0.3, -0.25) is 4.79 Å². The van der Waals surface area contributed by atoms with Crippen LogP contribution in [0.4, 0.5) is 5.88 Å². The van der Waals surface area contributed by atoms with Gasteiger partial charge in [-0.1, -0.05) is 12.1 Å². The zero-order chi connectivity index (χ0) is 17.4. The van der Waals surface area contributed by atoms with Gasteiger partial charge in [-0.15, -0.1) is 11.8 Å². The standard InChI is InChI=1S/C17H21N3O3S/c1-20(2)17-9-8-15(23-17)10-18-19-16(21)12-24-11-13-4-6-14(22-3)7-5-13/h4-10H,11-12H2,1-3H3,(H,19,21)/b18-10-. The Balaban J connectivity index is 1.69. The fraction of sp³-hybridized carbons (Fsp3) is 0.294. The molecule has 2 rings (SSSR count). The maximum Gasteiger partial charge on any atom is 0.250 e. The van der Waals surface area contributed by atoms with E-state index in [2.05, 4.69) is 10.5 Å². The van der Waals surface area contributed by atoms with Crippen LogP contribution in [0.15, 0.2) is 45.9 Å². The van der Waals surface area contributed by atoms with Gasteiger partial charge in [0.25, 0.3) is 0 Å². The highest BCUT2D eigenvalue weighted by Gasteiger charge is 2.03. The molecular weight excluding hydrogens is 326 g/mol. The van der Waals surface area contributed by atoms with Crippen molar-refractivity contribution in [2.45, 2.75) is 5.75 Å². The summed E-state index contributed by atoms with van der Waals surface area (Å²) >= 11 is 1.53. The molecule has 0 saturated heterocycles. The molecule has 0 saturated carbocycles. The van der Waals surface area contributed by atoms with Crippen molar-refractivity contribution in [3.63, 3.8) is 0 Å². The number of hydrogen-bond acceptors (Lipinski definition) is 6. The van der Waals surface area contributed by atoms with Gasteiger partial charge in [-0.2, -0.15) is 5.10 Å². The normalized spacial score (nSPS) is 10.8. The van der Waals surface area contributed by atoms with Crippen LogP contribution in [0, 0.1) is 0 Å². The molecule has 0 aliphatic rings. The number of thioether (sulfide) groups is 1. The monoisotopic (exact) mass is 347 g/mol. The van der Waals surface area contributed by atoms with E-state index in [9.17, 15) is 4.79 Å². The third-order valence-electron chi connectivity index (χ3n) is 3.10. The zero-order valence-electron chi connectivity index (χ0n) is 14.0. The molecule has 7 heteroatoms. The van der Waals surface area contributed by atoms with Gasteiger partial charge < -0.3 is 14.1 Å². The van der Waals surface area contributed by atoms with Gasteiger partial charge in [-0.25, -0.2) is 5.43 Å². The SMILES string of the molecule is COc1ccc(CSCC(=O)N/N=C\c2ccc(N(C)C)o2)cc1. The number of furan rings is 1. The predicted molar refractivity (Wildman–Crippen MR) is 97.9 cm³/mol. The fourth-order valence-corrected chi connectivity index (χ4v) is 2.62. The molecule has 0 spiro atoms.